The van der Waals surface area contributed by atoms with Gasteiger partial charge in [0.2, 0.25) is 5.91 Å². The Bertz CT molecular complexity index is 532. The van der Waals surface area contributed by atoms with E-state index in [1.165, 1.54) is 4.90 Å². The van der Waals surface area contributed by atoms with E-state index in [2.05, 4.69) is 5.32 Å². The van der Waals surface area contributed by atoms with Crippen LogP contribution in [0.25, 0.3) is 0 Å². The van der Waals surface area contributed by atoms with E-state index in [1.807, 2.05) is 19.9 Å². The van der Waals surface area contributed by atoms with E-state index >= 15 is 0 Å². The first kappa shape index (κ1) is 16.7. The highest BCUT2D eigenvalue weighted by Crippen LogP contribution is 2.09. The first-order chi connectivity index (χ1) is 9.79. The molecule has 114 valence electrons. The van der Waals surface area contributed by atoms with Gasteiger partial charge < -0.3 is 15.0 Å². The third-order valence-corrected chi connectivity index (χ3v) is 2.73. The predicted molar refractivity (Wildman–Crippen MR) is 77.9 cm³/mol. The highest BCUT2D eigenvalue weighted by Gasteiger charge is 2.12. The van der Waals surface area contributed by atoms with Crippen LogP contribution in [0.4, 0.5) is 0 Å². The van der Waals surface area contributed by atoms with Crippen molar-refractivity contribution in [1.82, 2.24) is 10.2 Å². The highest BCUT2D eigenvalue weighted by molar-refractivity contribution is 5.92. The molecule has 0 aromatic heterocycles. The molecular weight excluding hydrogens is 272 g/mol. The maximum Gasteiger partial charge on any atom is 0.338 e. The fraction of sp³-hybridized carbons (Fsp3) is 0.400. The van der Waals surface area contributed by atoms with Gasteiger partial charge in [-0.3, -0.25) is 9.59 Å². The molecular formula is C15H20N2O4. The van der Waals surface area contributed by atoms with Gasteiger partial charge in [0.25, 0.3) is 5.91 Å². The first-order valence-electron chi connectivity index (χ1n) is 6.52. The molecule has 21 heavy (non-hydrogen) atoms. The van der Waals surface area contributed by atoms with Crippen molar-refractivity contribution < 1.29 is 19.1 Å². The molecule has 1 aromatic rings. The molecule has 1 N–H and O–H groups in total. The standard InChI is InChI=1S/C15H20N2O4/c1-10-5-11(2)7-12(6-10)15(20)21-9-13(18)16-8-14(19)17(3)4/h5-7H,8-9H2,1-4H3,(H,16,18). The summed E-state index contributed by atoms with van der Waals surface area (Å²) in [4.78, 5) is 36.0. The number of hydrogen-bond donors (Lipinski definition) is 1. The van der Waals surface area contributed by atoms with Gasteiger partial charge in [-0.1, -0.05) is 17.2 Å². The number of hydrogen-bond acceptors (Lipinski definition) is 4. The Morgan fingerprint density at radius 1 is 1.10 bits per heavy atom. The number of aryl methyl sites for hydroxylation is 2. The minimum atomic E-state index is -0.559. The third kappa shape index (κ3) is 5.64. The second-order valence-corrected chi connectivity index (χ2v) is 5.02. The van der Waals surface area contributed by atoms with Crippen LogP contribution in [0.1, 0.15) is 21.5 Å². The molecule has 0 radical (unpaired) electrons. The molecule has 0 aliphatic heterocycles. The summed E-state index contributed by atoms with van der Waals surface area (Å²) in [7, 11) is 3.18. The van der Waals surface area contributed by atoms with Gasteiger partial charge in [-0.05, 0) is 26.0 Å². The summed E-state index contributed by atoms with van der Waals surface area (Å²) in [5.74, 6) is -1.30. The van der Waals surface area contributed by atoms with Gasteiger partial charge in [0.05, 0.1) is 12.1 Å². The minimum absolute atomic E-state index is 0.118. The number of benzene rings is 1. The van der Waals surface area contributed by atoms with Crippen LogP contribution in [-0.4, -0.2) is 49.9 Å². The van der Waals surface area contributed by atoms with Crippen molar-refractivity contribution in [2.24, 2.45) is 0 Å². The van der Waals surface area contributed by atoms with Crippen molar-refractivity contribution in [3.8, 4) is 0 Å². The maximum atomic E-state index is 11.8. The van der Waals surface area contributed by atoms with E-state index in [4.69, 9.17) is 4.74 Å². The second-order valence-electron chi connectivity index (χ2n) is 5.02. The number of nitrogens with zero attached hydrogens (tertiary/aromatic N) is 1. The summed E-state index contributed by atoms with van der Waals surface area (Å²) in [5, 5.41) is 2.39. The number of ether oxygens (including phenoxy) is 1. The van der Waals surface area contributed by atoms with Crippen LogP contribution in [0.5, 0.6) is 0 Å². The smallest absolute Gasteiger partial charge is 0.338 e. The predicted octanol–water partition coefficient (Wildman–Crippen LogP) is 0.665. The molecule has 0 bridgehead atoms. The lowest BCUT2D eigenvalue weighted by Crippen LogP contribution is -2.38. The van der Waals surface area contributed by atoms with E-state index in [-0.39, 0.29) is 12.5 Å². The van der Waals surface area contributed by atoms with Crippen LogP contribution in [0.2, 0.25) is 0 Å². The topological polar surface area (TPSA) is 75.7 Å². The lowest BCUT2D eigenvalue weighted by molar-refractivity contribution is -0.131. The average molecular weight is 292 g/mol. The summed E-state index contributed by atoms with van der Waals surface area (Å²) in [6, 6.07) is 5.34. The first-order valence-corrected chi connectivity index (χ1v) is 6.52. The molecule has 0 aliphatic carbocycles. The van der Waals surface area contributed by atoms with E-state index in [1.54, 1.807) is 26.2 Å². The van der Waals surface area contributed by atoms with Crippen LogP contribution in [-0.2, 0) is 14.3 Å². The molecule has 1 rings (SSSR count). The van der Waals surface area contributed by atoms with Crippen molar-refractivity contribution in [3.63, 3.8) is 0 Å². The fourth-order valence-electron chi connectivity index (χ4n) is 1.69. The van der Waals surface area contributed by atoms with E-state index < -0.39 is 18.5 Å². The number of nitrogens with one attached hydrogen (secondary N) is 1. The molecule has 0 unspecified atom stereocenters. The molecule has 0 saturated carbocycles. The lowest BCUT2D eigenvalue weighted by atomic mass is 10.1. The Morgan fingerprint density at radius 3 is 2.19 bits per heavy atom. The van der Waals surface area contributed by atoms with Crippen LogP contribution < -0.4 is 5.32 Å². The summed E-state index contributed by atoms with van der Waals surface area (Å²) < 4.78 is 4.92. The van der Waals surface area contributed by atoms with Crippen molar-refractivity contribution >= 4 is 17.8 Å². The summed E-state index contributed by atoms with van der Waals surface area (Å²) in [6.45, 7) is 3.23. The molecule has 0 fully saturated rings. The molecule has 0 aliphatic rings. The van der Waals surface area contributed by atoms with Gasteiger partial charge in [-0.25, -0.2) is 4.79 Å². The van der Waals surface area contributed by atoms with Crippen LogP contribution in [0.15, 0.2) is 18.2 Å². The van der Waals surface area contributed by atoms with Crippen LogP contribution >= 0.6 is 0 Å². The Balaban J connectivity index is 2.45. The SMILES string of the molecule is Cc1cc(C)cc(C(=O)OCC(=O)NCC(=O)N(C)C)c1. The van der Waals surface area contributed by atoms with Crippen molar-refractivity contribution in [2.45, 2.75) is 13.8 Å². The Kier molecular flexibility index (Phi) is 5.90. The Hall–Kier alpha value is -2.37. The molecule has 0 spiro atoms. The lowest BCUT2D eigenvalue weighted by Gasteiger charge is -2.11. The monoisotopic (exact) mass is 292 g/mol. The van der Waals surface area contributed by atoms with Gasteiger partial charge >= 0.3 is 5.97 Å². The largest absolute Gasteiger partial charge is 0.452 e. The molecule has 0 saturated heterocycles. The van der Waals surface area contributed by atoms with Crippen LogP contribution in [0, 0.1) is 13.8 Å². The maximum absolute atomic E-state index is 11.8. The normalized spacial score (nSPS) is 9.90. The van der Waals surface area contributed by atoms with E-state index in [0.29, 0.717) is 5.56 Å². The number of rotatable bonds is 5. The molecule has 1 aromatic carbocycles. The summed E-state index contributed by atoms with van der Waals surface area (Å²) in [5.41, 5.74) is 2.30. The summed E-state index contributed by atoms with van der Waals surface area (Å²) in [6.07, 6.45) is 0. The molecule has 6 nitrogen and oxygen atoms in total. The molecule has 0 heterocycles. The third-order valence-electron chi connectivity index (χ3n) is 2.73. The number of carbonyl (C=O) groups excluding carboxylic acids is 3. The van der Waals surface area contributed by atoms with Crippen LogP contribution in [0.3, 0.4) is 0 Å². The van der Waals surface area contributed by atoms with E-state index in [0.717, 1.165) is 11.1 Å². The zero-order valence-electron chi connectivity index (χ0n) is 12.7. The number of amides is 2. The van der Waals surface area contributed by atoms with E-state index in [9.17, 15) is 14.4 Å². The Morgan fingerprint density at radius 2 is 1.67 bits per heavy atom. The van der Waals surface area contributed by atoms with Gasteiger partial charge in [-0.15, -0.1) is 0 Å². The van der Waals surface area contributed by atoms with Crippen molar-refractivity contribution in [3.05, 3.63) is 34.9 Å². The summed E-state index contributed by atoms with van der Waals surface area (Å²) >= 11 is 0. The molecule has 6 heteroatoms. The number of likely N-dealkylation sites (N-methyl/N-ethyl adjacent to an activating group) is 1. The van der Waals surface area contributed by atoms with Gasteiger partial charge in [0, 0.05) is 14.1 Å². The Labute approximate surface area is 124 Å². The van der Waals surface area contributed by atoms with Crippen molar-refractivity contribution in [1.29, 1.82) is 0 Å². The second kappa shape index (κ2) is 7.42. The quantitative estimate of drug-likeness (QED) is 0.809. The minimum Gasteiger partial charge on any atom is -0.452 e. The molecule has 2 amide bonds. The highest BCUT2D eigenvalue weighted by atomic mass is 16.5. The zero-order chi connectivity index (χ0) is 16.0. The van der Waals surface area contributed by atoms with Gasteiger partial charge in [-0.2, -0.15) is 0 Å². The molecule has 0 atom stereocenters. The number of carbonyl (C=O) groups is 3. The average Bonchev–Trinajstić information content (AvgIpc) is 2.40. The van der Waals surface area contributed by atoms with Crippen molar-refractivity contribution in [2.75, 3.05) is 27.2 Å². The number of esters is 1. The fourth-order valence-corrected chi connectivity index (χ4v) is 1.69. The zero-order valence-corrected chi connectivity index (χ0v) is 12.7. The van der Waals surface area contributed by atoms with Gasteiger partial charge in [0.1, 0.15) is 0 Å². The van der Waals surface area contributed by atoms with Gasteiger partial charge in [0.15, 0.2) is 6.61 Å².